The van der Waals surface area contributed by atoms with Gasteiger partial charge in [-0.3, -0.25) is 0 Å². The van der Waals surface area contributed by atoms with E-state index in [-0.39, 0.29) is 5.41 Å². The third-order valence-corrected chi connectivity index (χ3v) is 5.45. The van der Waals surface area contributed by atoms with Crippen molar-refractivity contribution < 1.29 is 13.2 Å². The number of aryl methyl sites for hydroxylation is 1. The lowest BCUT2D eigenvalue weighted by atomic mass is 9.90. The average molecular weight is 364 g/mol. The second-order valence-electron chi connectivity index (χ2n) is 5.64. The Kier molecular flexibility index (Phi) is 6.19. The lowest BCUT2D eigenvalue weighted by Gasteiger charge is -2.24. The van der Waals surface area contributed by atoms with E-state index < -0.39 is 10.0 Å². The largest absolute Gasteiger partial charge is 0.385 e. The van der Waals surface area contributed by atoms with Crippen molar-refractivity contribution in [3.63, 3.8) is 0 Å². The first-order valence-electron chi connectivity index (χ1n) is 6.43. The molecule has 1 aromatic rings. The van der Waals surface area contributed by atoms with E-state index in [1.54, 1.807) is 25.3 Å². The Balaban J connectivity index is 2.77. The standard InChI is InChI=1S/C14H22BrNO3S/c1-11-9-12(5-6-13(11)15)20(17,18)16-10-14(2,3)7-8-19-4/h5-6,9,16H,7-8,10H2,1-4H3. The number of rotatable bonds is 7. The van der Waals surface area contributed by atoms with E-state index >= 15 is 0 Å². The normalized spacial score (nSPS) is 12.7. The van der Waals surface area contributed by atoms with Crippen LogP contribution in [0.5, 0.6) is 0 Å². The van der Waals surface area contributed by atoms with Gasteiger partial charge in [-0.15, -0.1) is 0 Å². The van der Waals surface area contributed by atoms with Crippen molar-refractivity contribution in [3.05, 3.63) is 28.2 Å². The van der Waals surface area contributed by atoms with Crippen molar-refractivity contribution in [2.75, 3.05) is 20.3 Å². The number of benzene rings is 1. The summed E-state index contributed by atoms with van der Waals surface area (Å²) in [6.07, 6.45) is 0.797. The molecular weight excluding hydrogens is 342 g/mol. The van der Waals surface area contributed by atoms with Gasteiger partial charge >= 0.3 is 0 Å². The Bertz CT molecular complexity index is 556. The molecule has 0 aliphatic rings. The van der Waals surface area contributed by atoms with Gasteiger partial charge in [0.1, 0.15) is 0 Å². The molecule has 6 heteroatoms. The smallest absolute Gasteiger partial charge is 0.240 e. The predicted molar refractivity (Wildman–Crippen MR) is 84.3 cm³/mol. The molecule has 0 amide bonds. The zero-order chi connectivity index (χ0) is 15.4. The minimum Gasteiger partial charge on any atom is -0.385 e. The molecular formula is C14H22BrNO3S. The Labute approximate surface area is 130 Å². The maximum absolute atomic E-state index is 12.3. The summed E-state index contributed by atoms with van der Waals surface area (Å²) < 4.78 is 33.1. The molecule has 0 bridgehead atoms. The average Bonchev–Trinajstić information content (AvgIpc) is 2.37. The van der Waals surface area contributed by atoms with Crippen LogP contribution in [0.2, 0.25) is 0 Å². The Morgan fingerprint density at radius 2 is 2.00 bits per heavy atom. The van der Waals surface area contributed by atoms with Crippen LogP contribution >= 0.6 is 15.9 Å². The van der Waals surface area contributed by atoms with Gasteiger partial charge in [0.05, 0.1) is 4.90 Å². The van der Waals surface area contributed by atoms with Crippen LogP contribution in [0.3, 0.4) is 0 Å². The fraction of sp³-hybridized carbons (Fsp3) is 0.571. The first-order valence-corrected chi connectivity index (χ1v) is 8.70. The van der Waals surface area contributed by atoms with Crippen LogP contribution in [0.4, 0.5) is 0 Å². The van der Waals surface area contributed by atoms with Gasteiger partial charge in [-0.25, -0.2) is 13.1 Å². The molecule has 0 unspecified atom stereocenters. The highest BCUT2D eigenvalue weighted by molar-refractivity contribution is 9.10. The molecule has 4 nitrogen and oxygen atoms in total. The maximum Gasteiger partial charge on any atom is 0.240 e. The summed E-state index contributed by atoms with van der Waals surface area (Å²) in [6, 6.07) is 5.01. The fourth-order valence-corrected chi connectivity index (χ4v) is 3.20. The van der Waals surface area contributed by atoms with E-state index in [1.807, 2.05) is 20.8 Å². The highest BCUT2D eigenvalue weighted by atomic mass is 79.9. The summed E-state index contributed by atoms with van der Waals surface area (Å²) in [5, 5.41) is 0. The fourth-order valence-electron chi connectivity index (χ4n) is 1.62. The van der Waals surface area contributed by atoms with Gasteiger partial charge in [-0.05, 0) is 42.5 Å². The molecule has 0 spiro atoms. The van der Waals surface area contributed by atoms with Gasteiger partial charge in [0.2, 0.25) is 10.0 Å². The molecule has 1 rings (SSSR count). The Hall–Kier alpha value is -0.430. The molecule has 0 radical (unpaired) electrons. The number of methoxy groups -OCH3 is 1. The van der Waals surface area contributed by atoms with Crippen LogP contribution < -0.4 is 4.72 Å². The zero-order valence-corrected chi connectivity index (χ0v) is 14.8. The zero-order valence-electron chi connectivity index (χ0n) is 12.4. The van der Waals surface area contributed by atoms with Gasteiger partial charge in [-0.2, -0.15) is 0 Å². The van der Waals surface area contributed by atoms with E-state index in [0.29, 0.717) is 18.0 Å². The third kappa shape index (κ3) is 5.16. The van der Waals surface area contributed by atoms with Crippen molar-refractivity contribution in [2.45, 2.75) is 32.1 Å². The minimum atomic E-state index is -3.47. The van der Waals surface area contributed by atoms with E-state index in [4.69, 9.17) is 4.74 Å². The van der Waals surface area contributed by atoms with Gasteiger partial charge in [-0.1, -0.05) is 29.8 Å². The van der Waals surface area contributed by atoms with Crippen molar-refractivity contribution in [1.29, 1.82) is 0 Å². The van der Waals surface area contributed by atoms with E-state index in [1.165, 1.54) is 0 Å². The summed E-state index contributed by atoms with van der Waals surface area (Å²) in [5.74, 6) is 0. The topological polar surface area (TPSA) is 55.4 Å². The molecule has 0 aromatic heterocycles. The molecule has 1 aromatic carbocycles. The third-order valence-electron chi connectivity index (χ3n) is 3.16. The van der Waals surface area contributed by atoms with Crippen LogP contribution in [0.25, 0.3) is 0 Å². The Morgan fingerprint density at radius 1 is 1.35 bits per heavy atom. The SMILES string of the molecule is COCCC(C)(C)CNS(=O)(=O)c1ccc(Br)c(C)c1. The molecule has 0 fully saturated rings. The molecule has 114 valence electrons. The van der Waals surface area contributed by atoms with Gasteiger partial charge in [0, 0.05) is 24.7 Å². The van der Waals surface area contributed by atoms with Crippen LogP contribution in [0, 0.1) is 12.3 Å². The van der Waals surface area contributed by atoms with Crippen molar-refractivity contribution in [1.82, 2.24) is 4.72 Å². The van der Waals surface area contributed by atoms with Gasteiger partial charge in [0.15, 0.2) is 0 Å². The molecule has 1 N–H and O–H groups in total. The molecule has 0 atom stereocenters. The quantitative estimate of drug-likeness (QED) is 0.809. The van der Waals surface area contributed by atoms with Gasteiger partial charge in [0.25, 0.3) is 0 Å². The number of halogens is 1. The summed E-state index contributed by atoms with van der Waals surface area (Å²) in [7, 11) is -1.83. The molecule has 0 heterocycles. The molecule has 0 aliphatic heterocycles. The van der Waals surface area contributed by atoms with Crippen LogP contribution in [0.1, 0.15) is 25.8 Å². The highest BCUT2D eigenvalue weighted by Crippen LogP contribution is 2.22. The molecule has 0 saturated heterocycles. The second kappa shape index (κ2) is 7.02. The second-order valence-corrected chi connectivity index (χ2v) is 8.26. The van der Waals surface area contributed by atoms with Crippen molar-refractivity contribution in [3.8, 4) is 0 Å². The number of sulfonamides is 1. The number of nitrogens with one attached hydrogen (secondary N) is 1. The van der Waals surface area contributed by atoms with E-state index in [9.17, 15) is 8.42 Å². The number of ether oxygens (including phenoxy) is 1. The number of hydrogen-bond acceptors (Lipinski definition) is 3. The van der Waals surface area contributed by atoms with Crippen molar-refractivity contribution in [2.24, 2.45) is 5.41 Å². The summed E-state index contributed by atoms with van der Waals surface area (Å²) in [4.78, 5) is 0.292. The molecule has 0 aliphatic carbocycles. The molecule has 20 heavy (non-hydrogen) atoms. The highest BCUT2D eigenvalue weighted by Gasteiger charge is 2.22. The number of hydrogen-bond donors (Lipinski definition) is 1. The predicted octanol–water partition coefficient (Wildman–Crippen LogP) is 3.10. The molecule has 0 saturated carbocycles. The van der Waals surface area contributed by atoms with Crippen LogP contribution in [0.15, 0.2) is 27.6 Å². The lowest BCUT2D eigenvalue weighted by Crippen LogP contribution is -2.34. The van der Waals surface area contributed by atoms with E-state index in [0.717, 1.165) is 16.5 Å². The summed E-state index contributed by atoms with van der Waals surface area (Å²) >= 11 is 3.37. The first kappa shape index (κ1) is 17.6. The lowest BCUT2D eigenvalue weighted by molar-refractivity contribution is 0.153. The minimum absolute atomic E-state index is 0.145. The maximum atomic E-state index is 12.3. The summed E-state index contributed by atoms with van der Waals surface area (Å²) in [6.45, 7) is 6.90. The van der Waals surface area contributed by atoms with Crippen LogP contribution in [-0.4, -0.2) is 28.7 Å². The Morgan fingerprint density at radius 3 is 2.55 bits per heavy atom. The summed E-state index contributed by atoms with van der Waals surface area (Å²) in [5.41, 5.74) is 0.750. The first-order chi connectivity index (χ1) is 9.18. The van der Waals surface area contributed by atoms with E-state index in [2.05, 4.69) is 20.7 Å². The van der Waals surface area contributed by atoms with Gasteiger partial charge < -0.3 is 4.74 Å². The van der Waals surface area contributed by atoms with Crippen molar-refractivity contribution >= 4 is 26.0 Å². The van der Waals surface area contributed by atoms with Crippen LogP contribution in [-0.2, 0) is 14.8 Å². The monoisotopic (exact) mass is 363 g/mol.